The number of nitrogens with zero attached hydrogens (tertiary/aromatic N) is 2. The predicted octanol–water partition coefficient (Wildman–Crippen LogP) is 2.64. The maximum Gasteiger partial charge on any atom is 0.407 e. The van der Waals surface area contributed by atoms with Crippen LogP contribution in [0, 0.1) is 17.8 Å². The van der Waals surface area contributed by atoms with E-state index in [0.717, 1.165) is 12.3 Å². The van der Waals surface area contributed by atoms with Crippen LogP contribution in [0.3, 0.4) is 0 Å². The predicted molar refractivity (Wildman–Crippen MR) is 65.9 cm³/mol. The Kier molecular flexibility index (Phi) is 3.18. The fourth-order valence-electron chi connectivity index (χ4n) is 2.59. The van der Waals surface area contributed by atoms with E-state index in [1.165, 1.54) is 41.9 Å². The van der Waals surface area contributed by atoms with Crippen molar-refractivity contribution in [3.8, 4) is 0 Å². The van der Waals surface area contributed by atoms with Crippen molar-refractivity contribution in [3.05, 3.63) is 29.9 Å². The van der Waals surface area contributed by atoms with Crippen LogP contribution in [0.5, 0.6) is 0 Å². The SMILES string of the molecule is O=C([C@@H]1C[C@@H]1C1CC1)n1ccc(=NCC(F)(F)F)cc1. The van der Waals surface area contributed by atoms with Crippen LogP contribution in [-0.4, -0.2) is 23.2 Å². The van der Waals surface area contributed by atoms with E-state index in [9.17, 15) is 18.0 Å². The molecule has 20 heavy (non-hydrogen) atoms. The minimum atomic E-state index is -4.30. The molecule has 0 bridgehead atoms. The lowest BCUT2D eigenvalue weighted by Gasteiger charge is -2.04. The molecule has 1 aromatic rings. The molecule has 1 aromatic heterocycles. The number of carbonyl (C=O) groups is 1. The van der Waals surface area contributed by atoms with Gasteiger partial charge in [0.15, 0.2) is 0 Å². The van der Waals surface area contributed by atoms with Crippen LogP contribution in [0.25, 0.3) is 0 Å². The molecule has 0 saturated heterocycles. The van der Waals surface area contributed by atoms with Crippen LogP contribution in [0.1, 0.15) is 24.1 Å². The average molecular weight is 284 g/mol. The zero-order chi connectivity index (χ0) is 14.3. The van der Waals surface area contributed by atoms with E-state index in [2.05, 4.69) is 4.99 Å². The minimum absolute atomic E-state index is 0.0456. The van der Waals surface area contributed by atoms with Gasteiger partial charge in [-0.15, -0.1) is 0 Å². The van der Waals surface area contributed by atoms with Crippen molar-refractivity contribution in [2.45, 2.75) is 25.4 Å². The van der Waals surface area contributed by atoms with E-state index in [4.69, 9.17) is 0 Å². The highest BCUT2D eigenvalue weighted by atomic mass is 19.4. The monoisotopic (exact) mass is 284 g/mol. The Labute approximate surface area is 114 Å². The first-order valence-corrected chi connectivity index (χ1v) is 6.74. The molecule has 2 aliphatic carbocycles. The summed E-state index contributed by atoms with van der Waals surface area (Å²) < 4.78 is 37.6. The van der Waals surface area contributed by atoms with Gasteiger partial charge in [0.1, 0.15) is 6.54 Å². The van der Waals surface area contributed by atoms with Gasteiger partial charge in [-0.2, -0.15) is 13.2 Å². The molecule has 2 atom stereocenters. The summed E-state index contributed by atoms with van der Waals surface area (Å²) in [7, 11) is 0. The van der Waals surface area contributed by atoms with Gasteiger partial charge < -0.3 is 0 Å². The largest absolute Gasteiger partial charge is 0.407 e. The molecule has 2 aliphatic rings. The second kappa shape index (κ2) is 4.75. The van der Waals surface area contributed by atoms with Crippen LogP contribution in [-0.2, 0) is 0 Å². The van der Waals surface area contributed by atoms with Crippen molar-refractivity contribution in [2.24, 2.45) is 22.7 Å². The van der Waals surface area contributed by atoms with E-state index in [1.54, 1.807) is 0 Å². The Morgan fingerprint density at radius 2 is 1.95 bits per heavy atom. The number of hydrogen-bond acceptors (Lipinski definition) is 2. The van der Waals surface area contributed by atoms with Crippen molar-refractivity contribution in [3.63, 3.8) is 0 Å². The van der Waals surface area contributed by atoms with Gasteiger partial charge in [-0.25, -0.2) is 0 Å². The lowest BCUT2D eigenvalue weighted by Crippen LogP contribution is -2.18. The normalized spacial score (nSPS) is 25.4. The van der Waals surface area contributed by atoms with Crippen LogP contribution < -0.4 is 5.36 Å². The Morgan fingerprint density at radius 3 is 2.50 bits per heavy atom. The van der Waals surface area contributed by atoms with Crippen LogP contribution in [0.2, 0.25) is 0 Å². The van der Waals surface area contributed by atoms with Gasteiger partial charge in [-0.3, -0.25) is 14.4 Å². The summed E-state index contributed by atoms with van der Waals surface area (Å²) in [4.78, 5) is 15.6. The highest BCUT2D eigenvalue weighted by Crippen LogP contribution is 2.54. The summed E-state index contributed by atoms with van der Waals surface area (Å²) in [6.07, 6.45) is 2.12. The van der Waals surface area contributed by atoms with Gasteiger partial charge in [0.05, 0.1) is 5.36 Å². The molecule has 0 aliphatic heterocycles. The maximum atomic E-state index is 12.1. The summed E-state index contributed by atoms with van der Waals surface area (Å²) >= 11 is 0. The molecule has 6 heteroatoms. The average Bonchev–Trinajstić information content (AvgIpc) is 3.26. The fraction of sp³-hybridized carbons (Fsp3) is 0.571. The van der Waals surface area contributed by atoms with Crippen molar-refractivity contribution in [1.82, 2.24) is 4.57 Å². The van der Waals surface area contributed by atoms with Gasteiger partial charge >= 0.3 is 6.18 Å². The Balaban J connectivity index is 1.65. The first-order valence-electron chi connectivity index (χ1n) is 6.74. The molecule has 0 radical (unpaired) electrons. The summed E-state index contributed by atoms with van der Waals surface area (Å²) in [5, 5.41) is 0.237. The summed E-state index contributed by atoms with van der Waals surface area (Å²) in [6, 6.07) is 2.89. The van der Waals surface area contributed by atoms with Gasteiger partial charge in [0.2, 0.25) is 5.91 Å². The molecule has 0 amide bonds. The van der Waals surface area contributed by atoms with E-state index in [1.807, 2.05) is 0 Å². The smallest absolute Gasteiger partial charge is 0.294 e. The van der Waals surface area contributed by atoms with Crippen molar-refractivity contribution < 1.29 is 18.0 Å². The van der Waals surface area contributed by atoms with E-state index < -0.39 is 12.7 Å². The van der Waals surface area contributed by atoms with Crippen molar-refractivity contribution in [1.29, 1.82) is 0 Å². The third-order valence-corrected chi connectivity index (χ3v) is 3.89. The van der Waals surface area contributed by atoms with Crippen LogP contribution in [0.15, 0.2) is 29.5 Å². The molecule has 2 saturated carbocycles. The van der Waals surface area contributed by atoms with Gasteiger partial charge in [0.25, 0.3) is 0 Å². The summed E-state index contributed by atoms with van der Waals surface area (Å²) in [5.74, 6) is 1.41. The lowest BCUT2D eigenvalue weighted by molar-refractivity contribution is -0.118. The van der Waals surface area contributed by atoms with E-state index >= 15 is 0 Å². The van der Waals surface area contributed by atoms with Gasteiger partial charge in [0, 0.05) is 18.3 Å². The van der Waals surface area contributed by atoms with Gasteiger partial charge in [-0.05, 0) is 43.2 Å². The number of aromatic nitrogens is 1. The molecule has 108 valence electrons. The topological polar surface area (TPSA) is 34.4 Å². The number of halogens is 3. The van der Waals surface area contributed by atoms with E-state index in [0.29, 0.717) is 5.92 Å². The number of rotatable bonds is 3. The van der Waals surface area contributed by atoms with Crippen molar-refractivity contribution >= 4 is 5.91 Å². The number of pyridine rings is 1. The van der Waals surface area contributed by atoms with E-state index in [-0.39, 0.29) is 17.2 Å². The van der Waals surface area contributed by atoms with Crippen LogP contribution in [0.4, 0.5) is 13.2 Å². The lowest BCUT2D eigenvalue weighted by atomic mass is 10.2. The molecular weight excluding hydrogens is 269 g/mol. The van der Waals surface area contributed by atoms with Gasteiger partial charge in [-0.1, -0.05) is 0 Å². The zero-order valence-corrected chi connectivity index (χ0v) is 10.8. The first kappa shape index (κ1) is 13.4. The number of carbonyl (C=O) groups excluding carboxylic acids is 1. The molecule has 2 fully saturated rings. The second-order valence-electron chi connectivity index (χ2n) is 5.58. The van der Waals surface area contributed by atoms with Crippen molar-refractivity contribution in [2.75, 3.05) is 6.54 Å². The molecule has 3 nitrogen and oxygen atoms in total. The van der Waals surface area contributed by atoms with Crippen LogP contribution >= 0.6 is 0 Å². The Morgan fingerprint density at radius 1 is 1.30 bits per heavy atom. The Bertz CT molecular complexity index is 566. The molecule has 3 rings (SSSR count). The highest BCUT2D eigenvalue weighted by Gasteiger charge is 2.51. The molecule has 0 N–H and O–H groups in total. The molecule has 0 spiro atoms. The third kappa shape index (κ3) is 3.11. The quantitative estimate of drug-likeness (QED) is 0.840. The zero-order valence-electron chi connectivity index (χ0n) is 10.8. The molecular formula is C14H15F3N2O. The molecule has 1 heterocycles. The number of alkyl halides is 3. The molecule has 0 unspecified atom stereocenters. The standard InChI is InChI=1S/C14H15F3N2O/c15-14(16,17)8-18-10-3-5-19(6-4-10)13(20)12-7-11(12)9-1-2-9/h3-6,9,11-12H,1-2,7-8H2/t11-,12-/m1/s1. The maximum absolute atomic E-state index is 12.1. The fourth-order valence-corrected chi connectivity index (χ4v) is 2.59. The minimum Gasteiger partial charge on any atom is -0.294 e. The third-order valence-electron chi connectivity index (χ3n) is 3.89. The summed E-state index contributed by atoms with van der Waals surface area (Å²) in [6.45, 7) is -1.20. The highest BCUT2D eigenvalue weighted by molar-refractivity contribution is 5.84. The second-order valence-corrected chi connectivity index (χ2v) is 5.58. The molecule has 0 aromatic carbocycles. The Hall–Kier alpha value is -1.59. The summed E-state index contributed by atoms with van der Waals surface area (Å²) in [5.41, 5.74) is 0. The first-order chi connectivity index (χ1) is 9.44. The number of hydrogen-bond donors (Lipinski definition) is 0.